The number of nitrogens with two attached hydrogens (primary N) is 2. The standard InChI is InChI=1S/C6H15N3O/c1-2-5(7)3-4-9-6(8)10/h5H,2-4,7H2,1H3,(H3,8,9,10). The summed E-state index contributed by atoms with van der Waals surface area (Å²) in [5.74, 6) is 0. The minimum atomic E-state index is -0.483. The molecule has 4 heteroatoms. The second-order valence-corrected chi connectivity index (χ2v) is 2.25. The average molecular weight is 145 g/mol. The smallest absolute Gasteiger partial charge is 0.312 e. The number of carbonyl (C=O) groups excluding carboxylic acids is 1. The van der Waals surface area contributed by atoms with E-state index in [2.05, 4.69) is 5.32 Å². The van der Waals surface area contributed by atoms with Crippen LogP contribution < -0.4 is 16.8 Å². The van der Waals surface area contributed by atoms with Crippen LogP contribution in [0, 0.1) is 0 Å². The van der Waals surface area contributed by atoms with Crippen LogP contribution in [0.4, 0.5) is 4.79 Å². The molecule has 1 atom stereocenters. The molecule has 10 heavy (non-hydrogen) atoms. The first-order valence-corrected chi connectivity index (χ1v) is 3.45. The zero-order chi connectivity index (χ0) is 7.98. The minimum Gasteiger partial charge on any atom is -0.352 e. The average Bonchev–Trinajstić information content (AvgIpc) is 1.87. The van der Waals surface area contributed by atoms with Crippen molar-refractivity contribution in [3.63, 3.8) is 0 Å². The number of urea groups is 1. The second kappa shape index (κ2) is 5.05. The molecule has 0 fully saturated rings. The highest BCUT2D eigenvalue weighted by molar-refractivity contribution is 5.71. The van der Waals surface area contributed by atoms with Crippen molar-refractivity contribution in [2.24, 2.45) is 11.5 Å². The van der Waals surface area contributed by atoms with Gasteiger partial charge in [-0.15, -0.1) is 0 Å². The molecule has 0 heterocycles. The molecule has 0 aliphatic rings. The van der Waals surface area contributed by atoms with E-state index in [0.717, 1.165) is 12.8 Å². The van der Waals surface area contributed by atoms with E-state index in [-0.39, 0.29) is 6.04 Å². The van der Waals surface area contributed by atoms with Gasteiger partial charge in [-0.2, -0.15) is 0 Å². The van der Waals surface area contributed by atoms with Crippen molar-refractivity contribution >= 4 is 6.03 Å². The molecule has 0 spiro atoms. The molecule has 2 amide bonds. The molecule has 0 rings (SSSR count). The predicted molar refractivity (Wildman–Crippen MR) is 40.5 cm³/mol. The van der Waals surface area contributed by atoms with Gasteiger partial charge in [0.05, 0.1) is 0 Å². The summed E-state index contributed by atoms with van der Waals surface area (Å²) in [7, 11) is 0. The maximum absolute atomic E-state index is 10.1. The molecular formula is C6H15N3O. The summed E-state index contributed by atoms with van der Waals surface area (Å²) in [6, 6.07) is -0.310. The monoisotopic (exact) mass is 145 g/mol. The fraction of sp³-hybridized carbons (Fsp3) is 0.833. The van der Waals surface area contributed by atoms with E-state index in [4.69, 9.17) is 11.5 Å². The van der Waals surface area contributed by atoms with Gasteiger partial charge < -0.3 is 16.8 Å². The lowest BCUT2D eigenvalue weighted by atomic mass is 10.2. The quantitative estimate of drug-likeness (QED) is 0.511. The highest BCUT2D eigenvalue weighted by Gasteiger charge is 1.98. The van der Waals surface area contributed by atoms with Crippen LogP contribution in [-0.2, 0) is 0 Å². The van der Waals surface area contributed by atoms with Gasteiger partial charge in [0.2, 0.25) is 0 Å². The lowest BCUT2D eigenvalue weighted by Crippen LogP contribution is -2.33. The highest BCUT2D eigenvalue weighted by Crippen LogP contribution is 1.89. The van der Waals surface area contributed by atoms with Gasteiger partial charge in [0.15, 0.2) is 0 Å². The van der Waals surface area contributed by atoms with Crippen LogP contribution in [0.5, 0.6) is 0 Å². The Kier molecular flexibility index (Phi) is 4.66. The van der Waals surface area contributed by atoms with Crippen LogP contribution in [-0.4, -0.2) is 18.6 Å². The van der Waals surface area contributed by atoms with Crippen LogP contribution in [0.15, 0.2) is 0 Å². The molecule has 0 aromatic rings. The molecular weight excluding hydrogens is 130 g/mol. The Balaban J connectivity index is 3.11. The Bertz CT molecular complexity index is 105. The number of hydrogen-bond acceptors (Lipinski definition) is 2. The van der Waals surface area contributed by atoms with Crippen molar-refractivity contribution in [3.8, 4) is 0 Å². The zero-order valence-electron chi connectivity index (χ0n) is 6.26. The first kappa shape index (κ1) is 9.23. The Morgan fingerprint density at radius 3 is 2.70 bits per heavy atom. The molecule has 5 N–H and O–H groups in total. The van der Waals surface area contributed by atoms with Gasteiger partial charge in [-0.25, -0.2) is 4.79 Å². The third kappa shape index (κ3) is 5.37. The largest absolute Gasteiger partial charge is 0.352 e. The van der Waals surface area contributed by atoms with Crippen LogP contribution in [0.1, 0.15) is 19.8 Å². The summed E-state index contributed by atoms with van der Waals surface area (Å²) in [5.41, 5.74) is 10.4. The minimum absolute atomic E-state index is 0.173. The molecule has 0 aliphatic carbocycles. The van der Waals surface area contributed by atoms with E-state index < -0.39 is 6.03 Å². The van der Waals surface area contributed by atoms with Gasteiger partial charge in [0, 0.05) is 12.6 Å². The van der Waals surface area contributed by atoms with Crippen LogP contribution in [0.25, 0.3) is 0 Å². The molecule has 4 nitrogen and oxygen atoms in total. The van der Waals surface area contributed by atoms with E-state index in [1.54, 1.807) is 0 Å². The molecule has 0 aliphatic heterocycles. The summed E-state index contributed by atoms with van der Waals surface area (Å²) in [5, 5.41) is 2.47. The number of carbonyl (C=O) groups is 1. The molecule has 60 valence electrons. The number of nitrogens with one attached hydrogen (secondary N) is 1. The summed E-state index contributed by atoms with van der Waals surface area (Å²) in [6.45, 7) is 2.58. The van der Waals surface area contributed by atoms with Gasteiger partial charge in [-0.05, 0) is 12.8 Å². The van der Waals surface area contributed by atoms with Gasteiger partial charge in [-0.1, -0.05) is 6.92 Å². The number of amides is 2. The Hall–Kier alpha value is -0.770. The fourth-order valence-corrected chi connectivity index (χ4v) is 0.585. The van der Waals surface area contributed by atoms with Crippen LogP contribution in [0.2, 0.25) is 0 Å². The molecule has 0 saturated carbocycles. The zero-order valence-corrected chi connectivity index (χ0v) is 6.26. The molecule has 0 aromatic carbocycles. The second-order valence-electron chi connectivity index (χ2n) is 2.25. The van der Waals surface area contributed by atoms with E-state index in [0.29, 0.717) is 6.54 Å². The molecule has 0 bridgehead atoms. The van der Waals surface area contributed by atoms with E-state index >= 15 is 0 Å². The van der Waals surface area contributed by atoms with Gasteiger partial charge in [0.1, 0.15) is 0 Å². The molecule has 1 unspecified atom stereocenters. The van der Waals surface area contributed by atoms with E-state index in [1.165, 1.54) is 0 Å². The number of rotatable bonds is 4. The lowest BCUT2D eigenvalue weighted by Gasteiger charge is -2.07. The van der Waals surface area contributed by atoms with Crippen molar-refractivity contribution in [3.05, 3.63) is 0 Å². The third-order valence-corrected chi connectivity index (χ3v) is 1.34. The Labute approximate surface area is 61.0 Å². The van der Waals surface area contributed by atoms with Crippen molar-refractivity contribution in [1.82, 2.24) is 5.32 Å². The van der Waals surface area contributed by atoms with Crippen molar-refractivity contribution in [2.45, 2.75) is 25.8 Å². The van der Waals surface area contributed by atoms with Gasteiger partial charge in [0.25, 0.3) is 0 Å². The first-order valence-electron chi connectivity index (χ1n) is 3.45. The van der Waals surface area contributed by atoms with E-state index in [1.807, 2.05) is 6.92 Å². The summed E-state index contributed by atoms with van der Waals surface area (Å²) >= 11 is 0. The van der Waals surface area contributed by atoms with Crippen molar-refractivity contribution in [1.29, 1.82) is 0 Å². The number of hydrogen-bond donors (Lipinski definition) is 3. The van der Waals surface area contributed by atoms with Crippen LogP contribution in [0.3, 0.4) is 0 Å². The molecule has 0 aromatic heterocycles. The maximum Gasteiger partial charge on any atom is 0.312 e. The highest BCUT2D eigenvalue weighted by atomic mass is 16.2. The topological polar surface area (TPSA) is 81.1 Å². The SMILES string of the molecule is CCC(N)CCNC(N)=O. The molecule has 0 saturated heterocycles. The predicted octanol–water partition coefficient (Wildman–Crippen LogP) is -0.218. The third-order valence-electron chi connectivity index (χ3n) is 1.34. The summed E-state index contributed by atoms with van der Waals surface area (Å²) in [6.07, 6.45) is 1.72. The van der Waals surface area contributed by atoms with Gasteiger partial charge in [-0.3, -0.25) is 0 Å². The lowest BCUT2D eigenvalue weighted by molar-refractivity contribution is 0.248. The Morgan fingerprint density at radius 1 is 1.70 bits per heavy atom. The fourth-order valence-electron chi connectivity index (χ4n) is 0.585. The summed E-state index contributed by atoms with van der Waals surface area (Å²) in [4.78, 5) is 10.1. The van der Waals surface area contributed by atoms with Crippen LogP contribution >= 0.6 is 0 Å². The van der Waals surface area contributed by atoms with Crippen molar-refractivity contribution < 1.29 is 4.79 Å². The summed E-state index contributed by atoms with van der Waals surface area (Å²) < 4.78 is 0. The van der Waals surface area contributed by atoms with Gasteiger partial charge >= 0.3 is 6.03 Å². The number of primary amides is 1. The Morgan fingerprint density at radius 2 is 2.30 bits per heavy atom. The normalized spacial score (nSPS) is 12.6. The van der Waals surface area contributed by atoms with Crippen molar-refractivity contribution in [2.75, 3.05) is 6.54 Å². The molecule has 0 radical (unpaired) electrons. The first-order chi connectivity index (χ1) is 4.66. The maximum atomic E-state index is 10.1. The van der Waals surface area contributed by atoms with E-state index in [9.17, 15) is 4.79 Å².